The first-order valence-corrected chi connectivity index (χ1v) is 8.31. The van der Waals surface area contributed by atoms with E-state index in [1.807, 2.05) is 66.7 Å². The summed E-state index contributed by atoms with van der Waals surface area (Å²) in [6.45, 7) is 6.09. The molecule has 0 saturated carbocycles. The van der Waals surface area contributed by atoms with Crippen molar-refractivity contribution in [3.05, 3.63) is 66.7 Å². The Hall–Kier alpha value is -2.88. The molecule has 0 aliphatic rings. The van der Waals surface area contributed by atoms with Crippen LogP contribution in [0.5, 0.6) is 0 Å². The third-order valence-corrected chi connectivity index (χ3v) is 3.88. The number of hydrogen-bond donors (Lipinski definition) is 1. The molecule has 0 unspecified atom stereocenters. The predicted octanol–water partition coefficient (Wildman–Crippen LogP) is 4.73. The van der Waals surface area contributed by atoms with Crippen molar-refractivity contribution >= 4 is 17.3 Å². The number of aromatic nitrogens is 2. The molecule has 0 saturated heterocycles. The van der Waals surface area contributed by atoms with E-state index in [1.165, 1.54) is 0 Å². The molecule has 3 rings (SSSR count). The van der Waals surface area contributed by atoms with Crippen LogP contribution in [0.1, 0.15) is 13.8 Å². The van der Waals surface area contributed by atoms with Crippen molar-refractivity contribution in [1.82, 2.24) is 9.97 Å². The molecule has 1 aromatic heterocycles. The smallest absolute Gasteiger partial charge is 0.163 e. The third kappa shape index (κ3) is 3.71. The molecule has 3 aromatic rings. The van der Waals surface area contributed by atoms with Gasteiger partial charge in [-0.3, -0.25) is 0 Å². The molecule has 4 heteroatoms. The summed E-state index contributed by atoms with van der Waals surface area (Å²) < 4.78 is 0. The zero-order chi connectivity index (χ0) is 16.8. The van der Waals surface area contributed by atoms with Crippen molar-refractivity contribution in [2.24, 2.45) is 0 Å². The SMILES string of the molecule is CCN(CC)c1cc(Nc2ccccc2)nc(-c2ccccc2)n1. The van der Waals surface area contributed by atoms with Gasteiger partial charge in [0.05, 0.1) is 0 Å². The summed E-state index contributed by atoms with van der Waals surface area (Å²) in [5.41, 5.74) is 2.03. The summed E-state index contributed by atoms with van der Waals surface area (Å²) >= 11 is 0. The lowest BCUT2D eigenvalue weighted by molar-refractivity contribution is 0.843. The van der Waals surface area contributed by atoms with E-state index in [9.17, 15) is 0 Å². The zero-order valence-corrected chi connectivity index (χ0v) is 14.1. The molecular weight excluding hydrogens is 296 g/mol. The number of hydrogen-bond acceptors (Lipinski definition) is 4. The molecule has 4 nitrogen and oxygen atoms in total. The quantitative estimate of drug-likeness (QED) is 0.713. The average molecular weight is 318 g/mol. The Bertz CT molecular complexity index is 768. The number of rotatable bonds is 6. The second kappa shape index (κ2) is 7.59. The van der Waals surface area contributed by atoms with Gasteiger partial charge in [0.2, 0.25) is 0 Å². The minimum absolute atomic E-state index is 0.735. The first-order chi connectivity index (χ1) is 11.8. The van der Waals surface area contributed by atoms with Gasteiger partial charge in [0, 0.05) is 30.4 Å². The topological polar surface area (TPSA) is 41.0 Å². The molecule has 1 N–H and O–H groups in total. The fourth-order valence-corrected chi connectivity index (χ4v) is 2.59. The first kappa shape index (κ1) is 16.0. The summed E-state index contributed by atoms with van der Waals surface area (Å²) in [7, 11) is 0. The summed E-state index contributed by atoms with van der Waals surface area (Å²) in [5.74, 6) is 2.47. The van der Waals surface area contributed by atoms with Gasteiger partial charge >= 0.3 is 0 Å². The molecule has 24 heavy (non-hydrogen) atoms. The Labute approximate surface area is 143 Å². The van der Waals surface area contributed by atoms with E-state index in [0.29, 0.717) is 0 Å². The standard InChI is InChI=1S/C20H22N4/c1-3-24(4-2)19-15-18(21-17-13-9-6-10-14-17)22-20(23-19)16-11-7-5-8-12-16/h5-15H,3-4H2,1-2H3,(H,21,22,23). The van der Waals surface area contributed by atoms with Gasteiger partial charge in [-0.25, -0.2) is 9.97 Å². The van der Waals surface area contributed by atoms with Crippen molar-refractivity contribution in [3.8, 4) is 11.4 Å². The Morgan fingerprint density at radius 2 is 1.46 bits per heavy atom. The molecule has 0 aliphatic carbocycles. The molecular formula is C20H22N4. The van der Waals surface area contributed by atoms with E-state index in [2.05, 4.69) is 24.1 Å². The first-order valence-electron chi connectivity index (χ1n) is 8.31. The highest BCUT2D eigenvalue weighted by Crippen LogP contribution is 2.24. The van der Waals surface area contributed by atoms with E-state index in [-0.39, 0.29) is 0 Å². The maximum Gasteiger partial charge on any atom is 0.163 e. The van der Waals surface area contributed by atoms with Crippen molar-refractivity contribution in [2.75, 3.05) is 23.3 Å². The van der Waals surface area contributed by atoms with Gasteiger partial charge in [-0.15, -0.1) is 0 Å². The van der Waals surface area contributed by atoms with Gasteiger partial charge < -0.3 is 10.2 Å². The minimum Gasteiger partial charge on any atom is -0.357 e. The molecule has 0 bridgehead atoms. The predicted molar refractivity (Wildman–Crippen MR) is 101 cm³/mol. The van der Waals surface area contributed by atoms with E-state index in [4.69, 9.17) is 9.97 Å². The van der Waals surface area contributed by atoms with Gasteiger partial charge in [0.15, 0.2) is 5.82 Å². The van der Waals surface area contributed by atoms with Crippen LogP contribution < -0.4 is 10.2 Å². The lowest BCUT2D eigenvalue weighted by Crippen LogP contribution is -2.23. The van der Waals surface area contributed by atoms with Crippen LogP contribution in [-0.2, 0) is 0 Å². The van der Waals surface area contributed by atoms with Crippen LogP contribution in [0, 0.1) is 0 Å². The minimum atomic E-state index is 0.735. The highest BCUT2D eigenvalue weighted by atomic mass is 15.2. The van der Waals surface area contributed by atoms with Gasteiger partial charge in [0.25, 0.3) is 0 Å². The number of nitrogens with one attached hydrogen (secondary N) is 1. The molecule has 0 atom stereocenters. The van der Waals surface area contributed by atoms with Crippen LogP contribution in [0.3, 0.4) is 0 Å². The molecule has 0 radical (unpaired) electrons. The van der Waals surface area contributed by atoms with Crippen LogP contribution in [0.25, 0.3) is 11.4 Å². The molecule has 0 amide bonds. The Morgan fingerprint density at radius 1 is 0.833 bits per heavy atom. The molecule has 0 spiro atoms. The molecule has 0 aliphatic heterocycles. The maximum absolute atomic E-state index is 4.76. The molecule has 122 valence electrons. The highest BCUT2D eigenvalue weighted by molar-refractivity contribution is 5.65. The van der Waals surface area contributed by atoms with Crippen molar-refractivity contribution < 1.29 is 0 Å². The van der Waals surface area contributed by atoms with Gasteiger partial charge in [0.1, 0.15) is 11.6 Å². The van der Waals surface area contributed by atoms with E-state index >= 15 is 0 Å². The van der Waals surface area contributed by atoms with Crippen LogP contribution in [-0.4, -0.2) is 23.1 Å². The summed E-state index contributed by atoms with van der Waals surface area (Å²) in [4.78, 5) is 11.7. The lowest BCUT2D eigenvalue weighted by Gasteiger charge is -2.21. The summed E-state index contributed by atoms with van der Waals surface area (Å²) in [5, 5.41) is 3.38. The van der Waals surface area contributed by atoms with E-state index < -0.39 is 0 Å². The normalized spacial score (nSPS) is 10.4. The van der Waals surface area contributed by atoms with Gasteiger partial charge in [-0.1, -0.05) is 48.5 Å². The van der Waals surface area contributed by atoms with Crippen LogP contribution >= 0.6 is 0 Å². The fourth-order valence-electron chi connectivity index (χ4n) is 2.59. The maximum atomic E-state index is 4.76. The van der Waals surface area contributed by atoms with Crippen LogP contribution in [0.15, 0.2) is 66.7 Å². The Morgan fingerprint density at radius 3 is 2.08 bits per heavy atom. The highest BCUT2D eigenvalue weighted by Gasteiger charge is 2.11. The summed E-state index contributed by atoms with van der Waals surface area (Å²) in [6, 6.07) is 22.2. The second-order valence-electron chi connectivity index (χ2n) is 5.46. The number of anilines is 3. The van der Waals surface area contributed by atoms with E-state index in [1.54, 1.807) is 0 Å². The number of nitrogens with zero attached hydrogens (tertiary/aromatic N) is 3. The van der Waals surface area contributed by atoms with Crippen molar-refractivity contribution in [1.29, 1.82) is 0 Å². The number of para-hydroxylation sites is 1. The fraction of sp³-hybridized carbons (Fsp3) is 0.200. The monoisotopic (exact) mass is 318 g/mol. The molecule has 2 aromatic carbocycles. The van der Waals surface area contributed by atoms with E-state index in [0.717, 1.165) is 41.8 Å². The summed E-state index contributed by atoms with van der Waals surface area (Å²) in [6.07, 6.45) is 0. The Balaban J connectivity index is 2.02. The third-order valence-electron chi connectivity index (χ3n) is 3.88. The van der Waals surface area contributed by atoms with Crippen molar-refractivity contribution in [3.63, 3.8) is 0 Å². The molecule has 0 fully saturated rings. The lowest BCUT2D eigenvalue weighted by atomic mass is 10.2. The second-order valence-corrected chi connectivity index (χ2v) is 5.46. The zero-order valence-electron chi connectivity index (χ0n) is 14.1. The van der Waals surface area contributed by atoms with Crippen molar-refractivity contribution in [2.45, 2.75) is 13.8 Å². The Kier molecular flexibility index (Phi) is 5.06. The number of benzene rings is 2. The van der Waals surface area contributed by atoms with Gasteiger partial charge in [-0.2, -0.15) is 0 Å². The molecule has 1 heterocycles. The van der Waals surface area contributed by atoms with Gasteiger partial charge in [-0.05, 0) is 26.0 Å². The van der Waals surface area contributed by atoms with Crippen LogP contribution in [0.4, 0.5) is 17.3 Å². The van der Waals surface area contributed by atoms with Crippen LogP contribution in [0.2, 0.25) is 0 Å². The average Bonchev–Trinajstić information content (AvgIpc) is 2.64. The largest absolute Gasteiger partial charge is 0.357 e.